The Balaban J connectivity index is 0.000000419. The van der Waals surface area contributed by atoms with Crippen molar-refractivity contribution >= 4 is 26.5 Å². The first-order valence-electron chi connectivity index (χ1n) is 16.8. The fraction of sp³-hybridized carbons (Fsp3) is 0.302. The van der Waals surface area contributed by atoms with Crippen molar-refractivity contribution in [3.63, 3.8) is 0 Å². The summed E-state index contributed by atoms with van der Waals surface area (Å²) in [6, 6.07) is 34.3. The first-order valence-corrected chi connectivity index (χ1v) is 19.8. The van der Waals surface area contributed by atoms with Gasteiger partial charge in [-0.05, 0) is 119 Å². The average molecular weight is 756 g/mol. The quantitative estimate of drug-likeness (QED) is 0.134. The van der Waals surface area contributed by atoms with E-state index in [0.29, 0.717) is 5.56 Å². The Bertz CT molecular complexity index is 1170. The molecule has 48 heavy (non-hydrogen) atoms. The first-order chi connectivity index (χ1) is 22.3. The molecular formula is C43H49FeNNiP2+. The predicted molar refractivity (Wildman–Crippen MR) is 202 cm³/mol. The van der Waals surface area contributed by atoms with Gasteiger partial charge in [0.05, 0.1) is 6.07 Å². The van der Waals surface area contributed by atoms with Gasteiger partial charge < -0.3 is 7.43 Å². The van der Waals surface area contributed by atoms with Crippen LogP contribution < -0.4 is 10.6 Å². The van der Waals surface area contributed by atoms with E-state index in [-0.39, 0.29) is 56.8 Å². The molecule has 0 spiro atoms. The van der Waals surface area contributed by atoms with E-state index in [0.717, 1.165) is 11.3 Å². The van der Waals surface area contributed by atoms with Gasteiger partial charge in [-0.15, -0.1) is 0 Å². The van der Waals surface area contributed by atoms with Crippen molar-refractivity contribution in [1.82, 2.24) is 0 Å². The molecule has 4 aliphatic rings. The molecule has 0 aromatic heterocycles. The van der Waals surface area contributed by atoms with Crippen molar-refractivity contribution in [2.75, 3.05) is 6.16 Å². The van der Waals surface area contributed by atoms with Crippen LogP contribution in [0.3, 0.4) is 0 Å². The molecule has 0 unspecified atom stereocenters. The minimum Gasteiger partial charge on any atom is -0.358 e. The molecule has 0 heterocycles. The van der Waals surface area contributed by atoms with Gasteiger partial charge in [0.2, 0.25) is 0 Å². The van der Waals surface area contributed by atoms with Gasteiger partial charge >= 0.3 is 16.5 Å². The summed E-state index contributed by atoms with van der Waals surface area (Å²) in [5.41, 5.74) is 4.42. The van der Waals surface area contributed by atoms with Crippen molar-refractivity contribution in [3.05, 3.63) is 167 Å². The van der Waals surface area contributed by atoms with E-state index >= 15 is 0 Å². The summed E-state index contributed by atoms with van der Waals surface area (Å²) < 4.78 is 0. The minimum absolute atomic E-state index is 0. The third kappa shape index (κ3) is 13.6. The van der Waals surface area contributed by atoms with Crippen molar-refractivity contribution in [1.29, 1.82) is 5.26 Å². The van der Waals surface area contributed by atoms with E-state index in [2.05, 4.69) is 86.0 Å². The number of nitrogens with zero attached hydrogens (tertiary/aromatic N) is 1. The maximum absolute atomic E-state index is 8.27. The second-order valence-electron chi connectivity index (χ2n) is 12.0. The standard InChI is InChI=1S/C30H37P2.C7H4N.C5H5.CH3.Fe.Ni/c1-5-15-26(16-6-1)31(27-17-7-2-8-18-27)24-25-14-13-23-30(25)32(28-19-9-3-10-20-28)29-21-11-4-12-22-29;8-6-7-4-2-1-3-5-7;1-2-4-5-3-1;;;/h1-2,5-8,13-18,23,28-29H,3-4,9-12,19-22,24H2;2-5H;1-5H;1H3;;/q;-1;;-1;;+3. The number of hydrogen-bond donors (Lipinski definition) is 0. The molecular weight excluding hydrogens is 707 g/mol. The summed E-state index contributed by atoms with van der Waals surface area (Å²) in [7, 11) is -0.401. The fourth-order valence-electron chi connectivity index (χ4n) is 6.74. The van der Waals surface area contributed by atoms with Gasteiger partial charge in [-0.25, -0.2) is 0 Å². The molecule has 0 bridgehead atoms. The number of benzene rings is 3. The van der Waals surface area contributed by atoms with Crippen molar-refractivity contribution in [2.45, 2.75) is 75.5 Å². The van der Waals surface area contributed by atoms with E-state index in [1.807, 2.05) is 38.2 Å². The van der Waals surface area contributed by atoms with Crippen molar-refractivity contribution < 1.29 is 33.6 Å². The van der Waals surface area contributed by atoms with Crippen LogP contribution in [-0.2, 0) is 33.6 Å². The molecule has 0 aliphatic heterocycles. The SMILES string of the molecule is N#Cc1cc[c-]cc1.[CH3-].[CH]1[CH][CH][CH][CH]1.[CH]1[CH][C](CP(c2ccccc2)c2ccccc2)[C](P(C2CCCCC2)C2CCCCC2)[CH]1.[Fe].[Ni+3]. The molecule has 0 atom stereocenters. The van der Waals surface area contributed by atoms with E-state index in [9.17, 15) is 0 Å². The third-order valence-corrected chi connectivity index (χ3v) is 15.1. The van der Waals surface area contributed by atoms with Crippen molar-refractivity contribution in [2.24, 2.45) is 0 Å². The van der Waals surface area contributed by atoms with Crippen LogP contribution in [0.15, 0.2) is 84.9 Å². The van der Waals surface area contributed by atoms with Crippen LogP contribution in [0, 0.1) is 87.8 Å². The van der Waals surface area contributed by atoms with Crippen molar-refractivity contribution in [3.8, 4) is 6.07 Å². The summed E-state index contributed by atoms with van der Waals surface area (Å²) >= 11 is 0. The van der Waals surface area contributed by atoms with Gasteiger partial charge in [0.15, 0.2) is 0 Å². The average Bonchev–Trinajstić information content (AvgIpc) is 3.86. The first kappa shape index (κ1) is 43.2. The molecule has 4 saturated carbocycles. The molecule has 0 saturated heterocycles. The number of rotatable bonds is 7. The van der Waals surface area contributed by atoms with Crippen LogP contribution in [0.4, 0.5) is 0 Å². The second kappa shape index (κ2) is 25.1. The number of hydrogen-bond acceptors (Lipinski definition) is 1. The molecule has 253 valence electrons. The maximum Gasteiger partial charge on any atom is 3.00 e. The Hall–Kier alpha value is -0.977. The summed E-state index contributed by atoms with van der Waals surface area (Å²) in [6.07, 6.45) is 33.3. The maximum atomic E-state index is 8.27. The zero-order chi connectivity index (χ0) is 30.9. The molecule has 11 radical (unpaired) electrons. The molecule has 0 amide bonds. The van der Waals surface area contributed by atoms with Crippen LogP contribution in [0.25, 0.3) is 0 Å². The molecule has 4 fully saturated rings. The molecule has 7 rings (SSSR count). The van der Waals surface area contributed by atoms with Crippen LogP contribution in [-0.4, -0.2) is 17.5 Å². The van der Waals surface area contributed by atoms with Crippen LogP contribution in [0.1, 0.15) is 69.8 Å². The molecule has 3 aromatic carbocycles. The van der Waals surface area contributed by atoms with E-state index in [1.54, 1.807) is 35.8 Å². The Morgan fingerprint density at radius 1 is 0.625 bits per heavy atom. The minimum atomic E-state index is -0.367. The smallest absolute Gasteiger partial charge is 0.358 e. The summed E-state index contributed by atoms with van der Waals surface area (Å²) in [4.78, 5) is 0. The normalized spacial score (nSPS) is 18.6. The monoisotopic (exact) mass is 755 g/mol. The third-order valence-electron chi connectivity index (χ3n) is 8.96. The van der Waals surface area contributed by atoms with Crippen LogP contribution in [0.5, 0.6) is 0 Å². The second-order valence-corrected chi connectivity index (χ2v) is 17.0. The van der Waals surface area contributed by atoms with Gasteiger partial charge in [0.25, 0.3) is 0 Å². The van der Waals surface area contributed by atoms with Gasteiger partial charge in [-0.2, -0.15) is 35.6 Å². The molecule has 0 N–H and O–H groups in total. The molecule has 4 aliphatic carbocycles. The van der Waals surface area contributed by atoms with Gasteiger partial charge in [0, 0.05) is 22.7 Å². The molecule has 1 nitrogen and oxygen atoms in total. The van der Waals surface area contributed by atoms with Crippen LogP contribution >= 0.6 is 15.8 Å². The Labute approximate surface area is 318 Å². The van der Waals surface area contributed by atoms with E-state index in [1.165, 1.54) is 81.0 Å². The molecule has 5 heteroatoms. The summed E-state index contributed by atoms with van der Waals surface area (Å²) in [5, 5.41) is 11.3. The zero-order valence-corrected chi connectivity index (χ0v) is 32.0. The number of nitriles is 1. The fourth-order valence-corrected chi connectivity index (χ4v) is 13.2. The molecule has 3 aromatic rings. The van der Waals surface area contributed by atoms with Crippen LogP contribution in [0.2, 0.25) is 0 Å². The predicted octanol–water partition coefficient (Wildman–Crippen LogP) is 10.8. The topological polar surface area (TPSA) is 23.8 Å². The van der Waals surface area contributed by atoms with E-state index in [4.69, 9.17) is 5.26 Å². The zero-order valence-electron chi connectivity index (χ0n) is 28.1. The van der Waals surface area contributed by atoms with Gasteiger partial charge in [0.1, 0.15) is 0 Å². The summed E-state index contributed by atoms with van der Waals surface area (Å²) in [6.45, 7) is 0. The van der Waals surface area contributed by atoms with Gasteiger partial charge in [-0.3, -0.25) is 0 Å². The summed E-state index contributed by atoms with van der Waals surface area (Å²) in [5.74, 6) is 1.67. The van der Waals surface area contributed by atoms with Gasteiger partial charge in [-0.1, -0.05) is 113 Å². The Morgan fingerprint density at radius 3 is 1.50 bits per heavy atom. The van der Waals surface area contributed by atoms with E-state index < -0.39 is 0 Å². The Morgan fingerprint density at radius 2 is 1.08 bits per heavy atom. The Kier molecular flexibility index (Phi) is 22.5. The largest absolute Gasteiger partial charge is 3.00 e.